The Morgan fingerprint density at radius 3 is 2.50 bits per heavy atom. The molecule has 0 aromatic heterocycles. The van der Waals surface area contributed by atoms with E-state index in [0.717, 1.165) is 5.92 Å². The summed E-state index contributed by atoms with van der Waals surface area (Å²) in [5, 5.41) is 3.92. The van der Waals surface area contributed by atoms with Crippen molar-refractivity contribution in [3.8, 4) is 0 Å². The molecule has 4 N–H and O–H groups in total. The third kappa shape index (κ3) is 1.29. The van der Waals surface area contributed by atoms with Crippen LogP contribution in [0.15, 0.2) is 0 Å². The first-order valence-corrected chi connectivity index (χ1v) is 4.94. The minimum atomic E-state index is 0.300. The zero-order valence-corrected chi connectivity index (χ0v) is 7.91. The largest absolute Gasteiger partial charge is 0.356 e. The normalized spacial score (nSPS) is 38.2. The molecule has 0 amide bonds. The summed E-state index contributed by atoms with van der Waals surface area (Å²) < 4.78 is 0. The molecule has 2 fully saturated rings. The van der Waals surface area contributed by atoms with Gasteiger partial charge >= 0.3 is 0 Å². The second-order valence-corrected chi connectivity index (χ2v) is 4.43. The van der Waals surface area contributed by atoms with Crippen molar-refractivity contribution in [3.05, 3.63) is 0 Å². The van der Waals surface area contributed by atoms with Crippen molar-refractivity contribution in [2.75, 3.05) is 0 Å². The van der Waals surface area contributed by atoms with Gasteiger partial charge in [0.2, 0.25) is 0 Å². The third-order valence-corrected chi connectivity index (χ3v) is 3.47. The maximum Gasteiger partial charge on any atom is 0.181 e. The molecule has 0 aromatic carbocycles. The van der Waals surface area contributed by atoms with E-state index in [9.17, 15) is 0 Å². The molecule has 2 rings (SSSR count). The van der Waals surface area contributed by atoms with Gasteiger partial charge in [-0.15, -0.1) is 0 Å². The van der Waals surface area contributed by atoms with E-state index in [-0.39, 0.29) is 0 Å². The maximum absolute atomic E-state index is 5.22. The van der Waals surface area contributed by atoms with Gasteiger partial charge in [-0.05, 0) is 50.2 Å². The van der Waals surface area contributed by atoms with Gasteiger partial charge < -0.3 is 10.7 Å². The quantitative estimate of drug-likeness (QED) is 0.319. The van der Waals surface area contributed by atoms with Crippen molar-refractivity contribution >= 4 is 17.3 Å². The van der Waals surface area contributed by atoms with Crippen LogP contribution in [0.1, 0.15) is 32.1 Å². The van der Waals surface area contributed by atoms with E-state index < -0.39 is 0 Å². The molecule has 2 bridgehead atoms. The molecule has 0 aromatic rings. The van der Waals surface area contributed by atoms with Gasteiger partial charge in [-0.3, -0.25) is 0 Å². The molecule has 0 heterocycles. The van der Waals surface area contributed by atoms with Crippen molar-refractivity contribution in [1.29, 1.82) is 0 Å². The van der Waals surface area contributed by atoms with E-state index in [2.05, 4.69) is 10.7 Å². The van der Waals surface area contributed by atoms with Crippen LogP contribution in [0.3, 0.4) is 0 Å². The van der Waals surface area contributed by atoms with Gasteiger partial charge in [-0.1, -0.05) is 0 Å². The molecular weight excluding hydrogens is 170 g/mol. The van der Waals surface area contributed by atoms with Gasteiger partial charge in [-0.25, -0.2) is 5.84 Å². The first-order chi connectivity index (χ1) is 5.74. The van der Waals surface area contributed by atoms with Crippen LogP contribution in [0.4, 0.5) is 0 Å². The van der Waals surface area contributed by atoms with Gasteiger partial charge in [-0.2, -0.15) is 0 Å². The van der Waals surface area contributed by atoms with Crippen LogP contribution in [0.2, 0.25) is 0 Å². The monoisotopic (exact) mass is 185 g/mol. The van der Waals surface area contributed by atoms with Gasteiger partial charge in [0, 0.05) is 5.54 Å². The summed E-state index contributed by atoms with van der Waals surface area (Å²) in [6.45, 7) is 0. The summed E-state index contributed by atoms with van der Waals surface area (Å²) in [5.41, 5.74) is 2.79. The number of hydrazine groups is 1. The molecule has 68 valence electrons. The Morgan fingerprint density at radius 2 is 2.08 bits per heavy atom. The summed E-state index contributed by atoms with van der Waals surface area (Å²) in [7, 11) is 0. The van der Waals surface area contributed by atoms with Gasteiger partial charge in [0.1, 0.15) is 0 Å². The van der Waals surface area contributed by atoms with Crippen LogP contribution in [0.5, 0.6) is 0 Å². The topological polar surface area (TPSA) is 50.1 Å². The lowest BCUT2D eigenvalue weighted by Gasteiger charge is -2.28. The molecule has 0 aliphatic heterocycles. The van der Waals surface area contributed by atoms with E-state index in [1.54, 1.807) is 0 Å². The second-order valence-electron chi connectivity index (χ2n) is 4.03. The summed E-state index contributed by atoms with van der Waals surface area (Å²) in [6.07, 6.45) is 6.54. The fourth-order valence-electron chi connectivity index (χ4n) is 2.64. The number of nitrogens with two attached hydrogens (primary N) is 1. The minimum absolute atomic E-state index is 0.300. The SMILES string of the molecule is NNC(=S)NC12CCC(CC1)C2. The first kappa shape index (κ1) is 8.26. The average molecular weight is 185 g/mol. The number of rotatable bonds is 1. The summed E-state index contributed by atoms with van der Waals surface area (Å²) in [4.78, 5) is 0. The minimum Gasteiger partial charge on any atom is -0.356 e. The highest BCUT2D eigenvalue weighted by atomic mass is 32.1. The number of thiocarbonyl (C=S) groups is 1. The Labute approximate surface area is 78.1 Å². The maximum atomic E-state index is 5.22. The van der Waals surface area contributed by atoms with E-state index in [0.29, 0.717) is 10.7 Å². The van der Waals surface area contributed by atoms with Gasteiger partial charge in [0.15, 0.2) is 5.11 Å². The Balaban J connectivity index is 1.98. The fraction of sp³-hybridized carbons (Fsp3) is 0.875. The van der Waals surface area contributed by atoms with Crippen LogP contribution in [0, 0.1) is 5.92 Å². The summed E-state index contributed by atoms with van der Waals surface area (Å²) >= 11 is 5.00. The van der Waals surface area contributed by atoms with Crippen molar-refractivity contribution in [2.24, 2.45) is 11.8 Å². The molecule has 12 heavy (non-hydrogen) atoms. The molecule has 3 nitrogen and oxygen atoms in total. The van der Waals surface area contributed by atoms with E-state index >= 15 is 0 Å². The second kappa shape index (κ2) is 2.85. The summed E-state index contributed by atoms with van der Waals surface area (Å²) in [5.74, 6) is 6.17. The van der Waals surface area contributed by atoms with E-state index in [1.807, 2.05) is 0 Å². The molecular formula is C8H15N3S. The van der Waals surface area contributed by atoms with Crippen molar-refractivity contribution < 1.29 is 0 Å². The molecule has 0 spiro atoms. The lowest BCUT2D eigenvalue weighted by atomic mass is 9.94. The lowest BCUT2D eigenvalue weighted by Crippen LogP contribution is -2.51. The Bertz CT molecular complexity index is 196. The average Bonchev–Trinajstić information content (AvgIpc) is 2.63. The predicted octanol–water partition coefficient (Wildman–Crippen LogP) is 0.657. The molecule has 0 saturated heterocycles. The first-order valence-electron chi connectivity index (χ1n) is 4.53. The highest BCUT2D eigenvalue weighted by Crippen LogP contribution is 2.47. The van der Waals surface area contributed by atoms with Crippen LogP contribution in [0.25, 0.3) is 0 Å². The number of hydrogen-bond donors (Lipinski definition) is 3. The van der Waals surface area contributed by atoms with Crippen LogP contribution in [-0.2, 0) is 0 Å². The molecule has 0 unspecified atom stereocenters. The smallest absolute Gasteiger partial charge is 0.181 e. The summed E-state index contributed by atoms with van der Waals surface area (Å²) in [6, 6.07) is 0. The molecule has 0 atom stereocenters. The molecule has 0 radical (unpaired) electrons. The van der Waals surface area contributed by atoms with Gasteiger partial charge in [0.05, 0.1) is 0 Å². The van der Waals surface area contributed by atoms with Crippen LogP contribution < -0.4 is 16.6 Å². The number of fused-ring (bicyclic) bond motifs is 2. The number of nitrogens with one attached hydrogen (secondary N) is 2. The van der Waals surface area contributed by atoms with E-state index in [4.69, 9.17) is 18.1 Å². The Hall–Kier alpha value is -0.350. The third-order valence-electron chi connectivity index (χ3n) is 3.25. The molecule has 2 aliphatic rings. The van der Waals surface area contributed by atoms with E-state index in [1.165, 1.54) is 32.1 Å². The highest BCUT2D eigenvalue weighted by Gasteiger charge is 2.44. The van der Waals surface area contributed by atoms with Crippen LogP contribution >= 0.6 is 12.2 Å². The standard InChI is InChI=1S/C8H15N3S/c9-11-7(12)10-8-3-1-6(5-8)2-4-8/h6H,1-5,9H2,(H2,10,11,12). The Kier molecular flexibility index (Phi) is 1.96. The highest BCUT2D eigenvalue weighted by molar-refractivity contribution is 7.80. The van der Waals surface area contributed by atoms with Gasteiger partial charge in [0.25, 0.3) is 0 Å². The molecule has 2 aliphatic carbocycles. The lowest BCUT2D eigenvalue weighted by molar-refractivity contribution is 0.377. The molecule has 4 heteroatoms. The molecule has 2 saturated carbocycles. The van der Waals surface area contributed by atoms with Crippen molar-refractivity contribution in [1.82, 2.24) is 10.7 Å². The predicted molar refractivity (Wildman–Crippen MR) is 52.4 cm³/mol. The van der Waals surface area contributed by atoms with Crippen molar-refractivity contribution in [3.63, 3.8) is 0 Å². The number of hydrogen-bond acceptors (Lipinski definition) is 2. The zero-order valence-electron chi connectivity index (χ0n) is 7.10. The van der Waals surface area contributed by atoms with Crippen molar-refractivity contribution in [2.45, 2.75) is 37.6 Å². The fourth-order valence-corrected chi connectivity index (χ4v) is 2.86. The Morgan fingerprint density at radius 1 is 1.42 bits per heavy atom. The van der Waals surface area contributed by atoms with Crippen LogP contribution in [-0.4, -0.2) is 10.7 Å². The zero-order chi connectivity index (χ0) is 8.60.